The van der Waals surface area contributed by atoms with E-state index < -0.39 is 11.9 Å². The molecule has 3 N–H and O–H groups in total. The van der Waals surface area contributed by atoms with Crippen molar-refractivity contribution >= 4 is 23.6 Å². The van der Waals surface area contributed by atoms with Gasteiger partial charge in [0, 0.05) is 43.9 Å². The van der Waals surface area contributed by atoms with Gasteiger partial charge in [-0.15, -0.1) is 0 Å². The van der Waals surface area contributed by atoms with Crippen molar-refractivity contribution in [1.29, 1.82) is 0 Å². The van der Waals surface area contributed by atoms with Gasteiger partial charge in [0.05, 0.1) is 44.2 Å². The lowest BCUT2D eigenvalue weighted by atomic mass is 9.74. The molecule has 0 unspecified atom stereocenters. The standard InChI is InChI=1S/C23H30N4O4.C4H4O4/c1-6-31-20-10-14-15-9-13(28)7-8-18(15)25-21(16(14)11-19(20)29-4)17-12-24-23(27(2)3)26-22(17)30-5;5-3(6)1-2-4(7)8/h10-13,15,18,28H,6-9H2,1-5H3;1-2H,(H,5,6)(H,7,8)/b;2-1-/t13-,15-,18-;/m1./s1. The molecule has 1 aliphatic carbocycles. The Bertz CT molecular complexity index is 1240. The second-order valence-electron chi connectivity index (χ2n) is 9.14. The van der Waals surface area contributed by atoms with Gasteiger partial charge in [-0.1, -0.05) is 0 Å². The van der Waals surface area contributed by atoms with Crippen LogP contribution < -0.4 is 19.1 Å². The Hall–Kier alpha value is -4.19. The molecule has 1 aliphatic heterocycles. The maximum Gasteiger partial charge on any atom is 0.328 e. The summed E-state index contributed by atoms with van der Waals surface area (Å²) >= 11 is 0. The molecule has 210 valence electrons. The van der Waals surface area contributed by atoms with Crippen molar-refractivity contribution in [2.75, 3.05) is 39.8 Å². The van der Waals surface area contributed by atoms with E-state index in [0.717, 1.165) is 35.2 Å². The number of aliphatic hydroxyl groups is 1. The monoisotopic (exact) mass is 542 g/mol. The highest BCUT2D eigenvalue weighted by molar-refractivity contribution is 6.16. The number of benzene rings is 1. The third kappa shape index (κ3) is 7.02. The number of aromatic nitrogens is 2. The Kier molecular flexibility index (Phi) is 9.83. The molecule has 0 spiro atoms. The predicted molar refractivity (Wildman–Crippen MR) is 144 cm³/mol. The number of carboxylic acid groups (broad SMARTS) is 2. The SMILES string of the molecule is CCOc1cc2c(cc1OC)C(c1cnc(N(C)C)nc1OC)=N[C@@H]1CC[C@@H](O)C[C@H]21.O=C(O)/C=C\C(=O)O. The summed E-state index contributed by atoms with van der Waals surface area (Å²) in [6.07, 6.45) is 4.81. The number of carboxylic acids is 2. The molecule has 2 aromatic rings. The zero-order valence-electron chi connectivity index (χ0n) is 22.6. The normalized spacial score (nSPS) is 19.5. The molecular formula is C27H34N4O8. The molecule has 12 nitrogen and oxygen atoms in total. The number of carbonyl (C=O) groups is 2. The second kappa shape index (κ2) is 13.1. The topological polar surface area (TPSA) is 164 Å². The van der Waals surface area contributed by atoms with Gasteiger partial charge in [0.1, 0.15) is 0 Å². The maximum absolute atomic E-state index is 10.3. The van der Waals surface area contributed by atoms with E-state index in [1.54, 1.807) is 20.4 Å². The maximum atomic E-state index is 10.3. The fourth-order valence-electron chi connectivity index (χ4n) is 4.62. The van der Waals surface area contributed by atoms with Gasteiger partial charge in [0.2, 0.25) is 11.8 Å². The third-order valence-corrected chi connectivity index (χ3v) is 6.33. The van der Waals surface area contributed by atoms with Crippen LogP contribution in [0.3, 0.4) is 0 Å². The number of aliphatic hydroxyl groups excluding tert-OH is 1. The first-order valence-electron chi connectivity index (χ1n) is 12.4. The van der Waals surface area contributed by atoms with Crippen LogP contribution >= 0.6 is 0 Å². The van der Waals surface area contributed by atoms with Crippen molar-refractivity contribution in [2.24, 2.45) is 4.99 Å². The fraction of sp³-hybridized carbons (Fsp3) is 0.444. The molecule has 39 heavy (non-hydrogen) atoms. The Morgan fingerprint density at radius 1 is 1.05 bits per heavy atom. The molecular weight excluding hydrogens is 508 g/mol. The van der Waals surface area contributed by atoms with Gasteiger partial charge in [0.25, 0.3) is 0 Å². The smallest absolute Gasteiger partial charge is 0.328 e. The minimum absolute atomic E-state index is 0.0759. The van der Waals surface area contributed by atoms with Crippen LogP contribution in [0.2, 0.25) is 0 Å². The van der Waals surface area contributed by atoms with Crippen molar-refractivity contribution in [3.8, 4) is 17.4 Å². The van der Waals surface area contributed by atoms with E-state index in [1.165, 1.54) is 0 Å². The molecule has 4 rings (SSSR count). The van der Waals surface area contributed by atoms with Gasteiger partial charge in [-0.3, -0.25) is 4.99 Å². The minimum atomic E-state index is -1.26. The number of hydrogen-bond acceptors (Lipinski definition) is 10. The highest BCUT2D eigenvalue weighted by atomic mass is 16.5. The van der Waals surface area contributed by atoms with Crippen molar-refractivity contribution < 1.29 is 39.1 Å². The zero-order chi connectivity index (χ0) is 28.7. The number of ether oxygens (including phenoxy) is 3. The molecule has 2 heterocycles. The molecule has 3 atom stereocenters. The minimum Gasteiger partial charge on any atom is -0.493 e. The van der Waals surface area contributed by atoms with Gasteiger partial charge in [-0.25, -0.2) is 14.6 Å². The highest BCUT2D eigenvalue weighted by Gasteiger charge is 2.38. The number of methoxy groups -OCH3 is 2. The summed E-state index contributed by atoms with van der Waals surface area (Å²) in [5, 5.41) is 26.0. The van der Waals surface area contributed by atoms with Gasteiger partial charge in [0.15, 0.2) is 11.5 Å². The Balaban J connectivity index is 0.000000459. The van der Waals surface area contributed by atoms with Crippen LogP contribution in [0.4, 0.5) is 5.95 Å². The number of fused-ring (bicyclic) bond motifs is 3. The summed E-state index contributed by atoms with van der Waals surface area (Å²) < 4.78 is 17.1. The van der Waals surface area contributed by atoms with E-state index in [9.17, 15) is 14.7 Å². The van der Waals surface area contributed by atoms with E-state index >= 15 is 0 Å². The van der Waals surface area contributed by atoms with Crippen LogP contribution in [0, 0.1) is 0 Å². The molecule has 1 fully saturated rings. The van der Waals surface area contributed by atoms with Crippen LogP contribution in [-0.2, 0) is 9.59 Å². The molecule has 1 aromatic carbocycles. The van der Waals surface area contributed by atoms with Crippen molar-refractivity contribution in [3.05, 3.63) is 47.2 Å². The van der Waals surface area contributed by atoms with Crippen LogP contribution in [0.5, 0.6) is 17.4 Å². The van der Waals surface area contributed by atoms with E-state index in [0.29, 0.717) is 48.5 Å². The largest absolute Gasteiger partial charge is 0.493 e. The van der Waals surface area contributed by atoms with Gasteiger partial charge in [-0.2, -0.15) is 4.98 Å². The van der Waals surface area contributed by atoms with Gasteiger partial charge in [-0.05, 0) is 43.9 Å². The van der Waals surface area contributed by atoms with Crippen molar-refractivity contribution in [1.82, 2.24) is 9.97 Å². The van der Waals surface area contributed by atoms with Crippen LogP contribution in [0.1, 0.15) is 48.8 Å². The first-order valence-corrected chi connectivity index (χ1v) is 12.4. The Morgan fingerprint density at radius 3 is 2.31 bits per heavy atom. The second-order valence-corrected chi connectivity index (χ2v) is 9.14. The molecule has 2 aliphatic rings. The van der Waals surface area contributed by atoms with E-state index in [-0.39, 0.29) is 18.1 Å². The predicted octanol–water partition coefficient (Wildman–Crippen LogP) is 2.52. The average molecular weight is 543 g/mol. The fourth-order valence-corrected chi connectivity index (χ4v) is 4.62. The summed E-state index contributed by atoms with van der Waals surface area (Å²) in [5.74, 6) is 0.00832. The summed E-state index contributed by atoms with van der Waals surface area (Å²) in [5.41, 5.74) is 3.58. The van der Waals surface area contributed by atoms with Crippen LogP contribution in [0.15, 0.2) is 35.5 Å². The molecule has 0 amide bonds. The molecule has 1 saturated carbocycles. The number of anilines is 1. The van der Waals surface area contributed by atoms with Crippen LogP contribution in [-0.4, -0.2) is 90.0 Å². The van der Waals surface area contributed by atoms with Gasteiger partial charge >= 0.3 is 11.9 Å². The molecule has 1 aromatic heterocycles. The first-order chi connectivity index (χ1) is 18.6. The molecule has 0 radical (unpaired) electrons. The van der Waals surface area contributed by atoms with Crippen LogP contribution in [0.25, 0.3) is 0 Å². The Labute approximate surface area is 226 Å². The molecule has 0 saturated heterocycles. The van der Waals surface area contributed by atoms with Crippen molar-refractivity contribution in [2.45, 2.75) is 44.2 Å². The van der Waals surface area contributed by atoms with E-state index in [4.69, 9.17) is 29.4 Å². The molecule has 12 heteroatoms. The van der Waals surface area contributed by atoms with E-state index in [1.807, 2.05) is 38.1 Å². The first kappa shape index (κ1) is 29.4. The lowest BCUT2D eigenvalue weighted by molar-refractivity contribution is -0.134. The molecule has 0 bridgehead atoms. The average Bonchev–Trinajstić information content (AvgIpc) is 2.91. The summed E-state index contributed by atoms with van der Waals surface area (Å²) in [6.45, 7) is 2.49. The summed E-state index contributed by atoms with van der Waals surface area (Å²) in [7, 11) is 7.01. The number of aliphatic carboxylic acids is 2. The van der Waals surface area contributed by atoms with Gasteiger partial charge < -0.3 is 34.4 Å². The third-order valence-electron chi connectivity index (χ3n) is 6.33. The number of aliphatic imine (C=N–C) groups is 1. The number of nitrogens with zero attached hydrogens (tertiary/aromatic N) is 4. The lowest BCUT2D eigenvalue weighted by Gasteiger charge is -2.37. The Morgan fingerprint density at radius 2 is 1.74 bits per heavy atom. The van der Waals surface area contributed by atoms with Crippen molar-refractivity contribution in [3.63, 3.8) is 0 Å². The number of rotatable bonds is 8. The highest BCUT2D eigenvalue weighted by Crippen LogP contribution is 2.45. The van der Waals surface area contributed by atoms with E-state index in [2.05, 4.69) is 9.97 Å². The quantitative estimate of drug-likeness (QED) is 0.420. The summed E-state index contributed by atoms with van der Waals surface area (Å²) in [6, 6.07) is 4.09. The number of hydrogen-bond donors (Lipinski definition) is 3. The zero-order valence-corrected chi connectivity index (χ0v) is 22.6. The lowest BCUT2D eigenvalue weighted by Crippen LogP contribution is -2.34. The summed E-state index contributed by atoms with van der Waals surface area (Å²) in [4.78, 5) is 35.1.